The first-order valence-electron chi connectivity index (χ1n) is 6.12. The molecule has 1 aliphatic carbocycles. The fraction of sp³-hybridized carbons (Fsp3) is 0.917. The minimum Gasteiger partial charge on any atom is -0.480 e. The molecule has 0 aliphatic heterocycles. The summed E-state index contributed by atoms with van der Waals surface area (Å²) in [6.45, 7) is 2.79. The number of hydrogen-bond donors (Lipinski definition) is 2. The minimum atomic E-state index is -4.38. The maximum atomic E-state index is 12.2. The highest BCUT2D eigenvalue weighted by atomic mass is 19.4. The molecule has 0 radical (unpaired) electrons. The molecule has 18 heavy (non-hydrogen) atoms. The van der Waals surface area contributed by atoms with Gasteiger partial charge in [0.05, 0.1) is 6.54 Å². The molecule has 1 aliphatic rings. The predicted octanol–water partition coefficient (Wildman–Crippen LogP) is 2.95. The van der Waals surface area contributed by atoms with Gasteiger partial charge in [-0.3, -0.25) is 10.1 Å². The second kappa shape index (κ2) is 5.07. The van der Waals surface area contributed by atoms with E-state index in [2.05, 4.69) is 5.32 Å². The molecule has 3 nitrogen and oxygen atoms in total. The SMILES string of the molecule is CC1(C)CCCC(NCC(F)(F)F)(C(=O)O)CC1. The molecule has 0 aromatic heterocycles. The quantitative estimate of drug-likeness (QED) is 0.773. The van der Waals surface area contributed by atoms with Crippen LogP contribution in [0.15, 0.2) is 0 Å². The number of rotatable bonds is 3. The predicted molar refractivity (Wildman–Crippen MR) is 61.3 cm³/mol. The van der Waals surface area contributed by atoms with Crippen molar-refractivity contribution in [3.8, 4) is 0 Å². The topological polar surface area (TPSA) is 49.3 Å². The van der Waals surface area contributed by atoms with Crippen LogP contribution in [0.4, 0.5) is 13.2 Å². The highest BCUT2D eigenvalue weighted by Crippen LogP contribution is 2.38. The van der Waals surface area contributed by atoms with Crippen molar-refractivity contribution < 1.29 is 23.1 Å². The van der Waals surface area contributed by atoms with Gasteiger partial charge < -0.3 is 5.11 Å². The normalized spacial score (nSPS) is 28.7. The van der Waals surface area contributed by atoms with Crippen LogP contribution in [-0.4, -0.2) is 29.3 Å². The smallest absolute Gasteiger partial charge is 0.401 e. The van der Waals surface area contributed by atoms with Crippen LogP contribution in [0.3, 0.4) is 0 Å². The Morgan fingerprint density at radius 3 is 2.33 bits per heavy atom. The van der Waals surface area contributed by atoms with Gasteiger partial charge in [-0.1, -0.05) is 20.3 Å². The van der Waals surface area contributed by atoms with Gasteiger partial charge in [-0.05, 0) is 31.1 Å². The monoisotopic (exact) mass is 267 g/mol. The summed E-state index contributed by atoms with van der Waals surface area (Å²) in [4.78, 5) is 11.3. The number of alkyl halides is 3. The molecule has 1 atom stereocenters. The van der Waals surface area contributed by atoms with Crippen molar-refractivity contribution in [1.29, 1.82) is 0 Å². The van der Waals surface area contributed by atoms with Crippen LogP contribution in [-0.2, 0) is 4.79 Å². The molecular formula is C12H20F3NO2. The lowest BCUT2D eigenvalue weighted by Crippen LogP contribution is -2.54. The largest absolute Gasteiger partial charge is 0.480 e. The van der Waals surface area contributed by atoms with Gasteiger partial charge >= 0.3 is 12.1 Å². The molecule has 6 heteroatoms. The Balaban J connectivity index is 2.78. The lowest BCUT2D eigenvalue weighted by Gasteiger charge is -2.30. The van der Waals surface area contributed by atoms with Crippen molar-refractivity contribution in [3.05, 3.63) is 0 Å². The van der Waals surface area contributed by atoms with Crippen molar-refractivity contribution in [1.82, 2.24) is 5.32 Å². The average molecular weight is 267 g/mol. The van der Waals surface area contributed by atoms with E-state index in [0.717, 1.165) is 6.42 Å². The van der Waals surface area contributed by atoms with Gasteiger partial charge in [-0.15, -0.1) is 0 Å². The molecule has 0 heterocycles. The van der Waals surface area contributed by atoms with E-state index in [1.807, 2.05) is 13.8 Å². The first-order chi connectivity index (χ1) is 8.06. The molecule has 0 saturated heterocycles. The van der Waals surface area contributed by atoms with E-state index >= 15 is 0 Å². The molecule has 0 aromatic carbocycles. The van der Waals surface area contributed by atoms with Crippen molar-refractivity contribution in [2.45, 2.75) is 57.7 Å². The second-order valence-electron chi connectivity index (χ2n) is 5.87. The van der Waals surface area contributed by atoms with Crippen LogP contribution in [0.1, 0.15) is 46.0 Å². The zero-order valence-corrected chi connectivity index (χ0v) is 10.7. The van der Waals surface area contributed by atoms with Crippen molar-refractivity contribution in [2.24, 2.45) is 5.41 Å². The summed E-state index contributed by atoms with van der Waals surface area (Å²) in [5.41, 5.74) is -1.43. The number of hydrogen-bond acceptors (Lipinski definition) is 2. The van der Waals surface area contributed by atoms with E-state index in [0.29, 0.717) is 12.8 Å². The number of aliphatic carboxylic acids is 1. The van der Waals surface area contributed by atoms with Crippen molar-refractivity contribution >= 4 is 5.97 Å². The first-order valence-corrected chi connectivity index (χ1v) is 6.12. The molecule has 1 unspecified atom stereocenters. The van der Waals surface area contributed by atoms with E-state index in [4.69, 9.17) is 0 Å². The molecule has 1 rings (SSSR count). The third-order valence-electron chi connectivity index (χ3n) is 3.72. The standard InChI is InChI=1S/C12H20F3NO2/c1-10(2)4-3-5-11(7-6-10,9(17)18)16-8-12(13,14)15/h16H,3-8H2,1-2H3,(H,17,18). The fourth-order valence-electron chi connectivity index (χ4n) is 2.41. The molecular weight excluding hydrogens is 247 g/mol. The number of halogens is 3. The molecule has 2 N–H and O–H groups in total. The Kier molecular flexibility index (Phi) is 4.30. The molecule has 1 fully saturated rings. The van der Waals surface area contributed by atoms with Crippen LogP contribution in [0.25, 0.3) is 0 Å². The average Bonchev–Trinajstić information content (AvgIpc) is 2.34. The van der Waals surface area contributed by atoms with Crippen LogP contribution >= 0.6 is 0 Å². The van der Waals surface area contributed by atoms with Crippen molar-refractivity contribution in [3.63, 3.8) is 0 Å². The Labute approximate surface area is 105 Å². The lowest BCUT2D eigenvalue weighted by atomic mass is 9.83. The van der Waals surface area contributed by atoms with Gasteiger partial charge in [0.1, 0.15) is 5.54 Å². The van der Waals surface area contributed by atoms with Gasteiger partial charge in [0.2, 0.25) is 0 Å². The highest BCUT2D eigenvalue weighted by molar-refractivity contribution is 5.78. The van der Waals surface area contributed by atoms with Gasteiger partial charge in [0, 0.05) is 0 Å². The summed E-state index contributed by atoms with van der Waals surface area (Å²) in [5.74, 6) is -1.18. The molecule has 0 spiro atoms. The summed E-state index contributed by atoms with van der Waals surface area (Å²) in [6, 6.07) is 0. The number of carbonyl (C=O) groups is 1. The van der Waals surface area contributed by atoms with E-state index in [-0.39, 0.29) is 18.3 Å². The second-order valence-corrected chi connectivity index (χ2v) is 5.87. The maximum absolute atomic E-state index is 12.2. The van der Waals surface area contributed by atoms with E-state index in [9.17, 15) is 23.1 Å². The van der Waals surface area contributed by atoms with Crippen LogP contribution in [0.2, 0.25) is 0 Å². The molecule has 0 aromatic rings. The third kappa shape index (κ3) is 4.15. The number of carboxylic acid groups (broad SMARTS) is 1. The van der Waals surface area contributed by atoms with Crippen LogP contribution in [0, 0.1) is 5.41 Å². The summed E-state index contributed by atoms with van der Waals surface area (Å²) >= 11 is 0. The fourth-order valence-corrected chi connectivity index (χ4v) is 2.41. The number of carboxylic acids is 1. The Morgan fingerprint density at radius 2 is 1.83 bits per heavy atom. The Bertz CT molecular complexity index is 315. The van der Waals surface area contributed by atoms with Crippen LogP contribution < -0.4 is 5.32 Å². The maximum Gasteiger partial charge on any atom is 0.401 e. The summed E-state index contributed by atoms with van der Waals surface area (Å²) in [6.07, 6.45) is -1.80. The lowest BCUT2D eigenvalue weighted by molar-refractivity contribution is -0.151. The Hall–Kier alpha value is -0.780. The van der Waals surface area contributed by atoms with Crippen LogP contribution in [0.5, 0.6) is 0 Å². The molecule has 0 bridgehead atoms. The summed E-state index contributed by atoms with van der Waals surface area (Å²) in [5, 5.41) is 11.5. The van der Waals surface area contributed by atoms with E-state index < -0.39 is 24.2 Å². The van der Waals surface area contributed by atoms with Gasteiger partial charge in [-0.25, -0.2) is 0 Å². The zero-order valence-electron chi connectivity index (χ0n) is 10.7. The number of nitrogens with one attached hydrogen (secondary N) is 1. The first kappa shape index (κ1) is 15.3. The van der Waals surface area contributed by atoms with E-state index in [1.165, 1.54) is 0 Å². The van der Waals surface area contributed by atoms with Gasteiger partial charge in [0.15, 0.2) is 0 Å². The third-order valence-corrected chi connectivity index (χ3v) is 3.72. The highest BCUT2D eigenvalue weighted by Gasteiger charge is 2.43. The van der Waals surface area contributed by atoms with Gasteiger partial charge in [-0.2, -0.15) is 13.2 Å². The zero-order chi connectivity index (χ0) is 14.0. The van der Waals surface area contributed by atoms with Gasteiger partial charge in [0.25, 0.3) is 0 Å². The molecule has 1 saturated carbocycles. The molecule has 0 amide bonds. The minimum absolute atomic E-state index is 0.00286. The Morgan fingerprint density at radius 1 is 1.22 bits per heavy atom. The van der Waals surface area contributed by atoms with Crippen molar-refractivity contribution in [2.75, 3.05) is 6.54 Å². The molecule has 106 valence electrons. The summed E-state index contributed by atoms with van der Waals surface area (Å²) < 4.78 is 36.7. The van der Waals surface area contributed by atoms with E-state index in [1.54, 1.807) is 0 Å². The summed E-state index contributed by atoms with van der Waals surface area (Å²) in [7, 11) is 0.